The van der Waals surface area contributed by atoms with E-state index in [0.29, 0.717) is 0 Å². The van der Waals surface area contributed by atoms with Crippen LogP contribution in [0.1, 0.15) is 30.6 Å². The van der Waals surface area contributed by atoms with Gasteiger partial charge in [-0.2, -0.15) is 0 Å². The van der Waals surface area contributed by atoms with Crippen molar-refractivity contribution >= 4 is 23.1 Å². The lowest BCUT2D eigenvalue weighted by Crippen LogP contribution is -2.34. The molecular formula is C14H18N4O2S. The molecule has 0 saturated heterocycles. The predicted octanol–water partition coefficient (Wildman–Crippen LogP) is 2.29. The molecule has 2 rings (SSSR count). The summed E-state index contributed by atoms with van der Waals surface area (Å²) < 4.78 is 1.41. The van der Waals surface area contributed by atoms with E-state index in [1.165, 1.54) is 4.57 Å². The Labute approximate surface area is 126 Å². The standard InChI is InChI=1S/C14H18N4O2S/c1-4-12-16-11(8-21-12)9(2)15-14(20)17-10-6-5-7-18(3)13(10)19/h5-9H,4H2,1-3H3,(H2,15,17,20). The quantitative estimate of drug-likeness (QED) is 0.910. The molecule has 0 bridgehead atoms. The highest BCUT2D eigenvalue weighted by atomic mass is 32.1. The predicted molar refractivity (Wildman–Crippen MR) is 83.7 cm³/mol. The van der Waals surface area contributed by atoms with Gasteiger partial charge >= 0.3 is 6.03 Å². The Morgan fingerprint density at radius 1 is 1.52 bits per heavy atom. The van der Waals surface area contributed by atoms with Crippen LogP contribution < -0.4 is 16.2 Å². The number of hydrogen-bond acceptors (Lipinski definition) is 4. The summed E-state index contributed by atoms with van der Waals surface area (Å²) in [6, 6.07) is 2.64. The number of nitrogens with one attached hydrogen (secondary N) is 2. The van der Waals surface area contributed by atoms with Crippen LogP contribution >= 0.6 is 11.3 Å². The van der Waals surface area contributed by atoms with Crippen molar-refractivity contribution in [3.05, 3.63) is 44.8 Å². The van der Waals surface area contributed by atoms with E-state index in [4.69, 9.17) is 0 Å². The highest BCUT2D eigenvalue weighted by Gasteiger charge is 2.13. The van der Waals surface area contributed by atoms with Crippen LogP contribution in [0.25, 0.3) is 0 Å². The fourth-order valence-corrected chi connectivity index (χ4v) is 2.65. The van der Waals surface area contributed by atoms with Gasteiger partial charge in [0.1, 0.15) is 5.69 Å². The van der Waals surface area contributed by atoms with Gasteiger partial charge in [-0.3, -0.25) is 4.79 Å². The lowest BCUT2D eigenvalue weighted by molar-refractivity contribution is 0.249. The van der Waals surface area contributed by atoms with Gasteiger partial charge in [0.15, 0.2) is 0 Å². The topological polar surface area (TPSA) is 76.0 Å². The molecule has 2 heterocycles. The van der Waals surface area contributed by atoms with Crippen LogP contribution in [-0.2, 0) is 13.5 Å². The van der Waals surface area contributed by atoms with Crippen LogP contribution in [0.5, 0.6) is 0 Å². The fourth-order valence-electron chi connectivity index (χ4n) is 1.81. The summed E-state index contributed by atoms with van der Waals surface area (Å²) in [6.45, 7) is 3.90. The molecule has 0 aromatic carbocycles. The van der Waals surface area contributed by atoms with Crippen molar-refractivity contribution in [1.29, 1.82) is 0 Å². The second-order valence-electron chi connectivity index (χ2n) is 4.68. The van der Waals surface area contributed by atoms with Crippen LogP contribution in [0.2, 0.25) is 0 Å². The van der Waals surface area contributed by atoms with Crippen molar-refractivity contribution in [2.75, 3.05) is 5.32 Å². The van der Waals surface area contributed by atoms with Crippen LogP contribution in [-0.4, -0.2) is 15.6 Å². The lowest BCUT2D eigenvalue weighted by atomic mass is 10.2. The van der Waals surface area contributed by atoms with Gasteiger partial charge in [0, 0.05) is 18.6 Å². The van der Waals surface area contributed by atoms with E-state index >= 15 is 0 Å². The van der Waals surface area contributed by atoms with E-state index < -0.39 is 6.03 Å². The Hall–Kier alpha value is -2.15. The van der Waals surface area contributed by atoms with Gasteiger partial charge in [0.25, 0.3) is 5.56 Å². The molecule has 0 saturated carbocycles. The van der Waals surface area contributed by atoms with E-state index in [0.717, 1.165) is 17.1 Å². The first-order valence-corrected chi connectivity index (χ1v) is 7.56. The summed E-state index contributed by atoms with van der Waals surface area (Å²) in [5.74, 6) is 0. The summed E-state index contributed by atoms with van der Waals surface area (Å²) in [5.41, 5.74) is 0.826. The molecule has 2 aromatic rings. The number of thiazole rings is 1. The van der Waals surface area contributed by atoms with E-state index in [1.54, 1.807) is 36.7 Å². The number of carbonyl (C=O) groups is 1. The Balaban J connectivity index is 2.01. The minimum atomic E-state index is -0.420. The molecule has 2 aromatic heterocycles. The zero-order valence-corrected chi connectivity index (χ0v) is 13.0. The number of carbonyl (C=O) groups excluding carboxylic acids is 1. The van der Waals surface area contributed by atoms with Crippen molar-refractivity contribution in [2.45, 2.75) is 26.3 Å². The molecule has 0 aliphatic carbocycles. The molecule has 1 atom stereocenters. The first-order chi connectivity index (χ1) is 10.0. The van der Waals surface area contributed by atoms with Crippen molar-refractivity contribution in [1.82, 2.24) is 14.9 Å². The van der Waals surface area contributed by atoms with Crippen molar-refractivity contribution in [2.24, 2.45) is 7.05 Å². The number of anilines is 1. The molecule has 21 heavy (non-hydrogen) atoms. The smallest absolute Gasteiger partial charge is 0.319 e. The van der Waals surface area contributed by atoms with Crippen LogP contribution in [0.3, 0.4) is 0 Å². The highest BCUT2D eigenvalue weighted by molar-refractivity contribution is 7.09. The van der Waals surface area contributed by atoms with Gasteiger partial charge < -0.3 is 15.2 Å². The Bertz CT molecular complexity index is 692. The van der Waals surface area contributed by atoms with Crippen molar-refractivity contribution in [3.8, 4) is 0 Å². The van der Waals surface area contributed by atoms with Gasteiger partial charge in [-0.15, -0.1) is 11.3 Å². The van der Waals surface area contributed by atoms with E-state index in [-0.39, 0.29) is 17.3 Å². The van der Waals surface area contributed by atoms with Gasteiger partial charge in [-0.25, -0.2) is 9.78 Å². The van der Waals surface area contributed by atoms with E-state index in [2.05, 4.69) is 15.6 Å². The molecule has 2 amide bonds. The molecule has 6 nitrogen and oxygen atoms in total. The molecule has 0 radical (unpaired) electrons. The number of pyridine rings is 1. The van der Waals surface area contributed by atoms with Crippen molar-refractivity contribution < 1.29 is 4.79 Å². The second kappa shape index (κ2) is 6.53. The summed E-state index contributed by atoms with van der Waals surface area (Å²) >= 11 is 1.58. The summed E-state index contributed by atoms with van der Waals surface area (Å²) in [6.07, 6.45) is 2.51. The third-order valence-corrected chi connectivity index (χ3v) is 4.05. The average Bonchev–Trinajstić information content (AvgIpc) is 2.93. The maximum absolute atomic E-state index is 11.9. The largest absolute Gasteiger partial charge is 0.330 e. The molecule has 2 N–H and O–H groups in total. The van der Waals surface area contributed by atoms with E-state index in [9.17, 15) is 9.59 Å². The van der Waals surface area contributed by atoms with Gasteiger partial charge in [-0.05, 0) is 25.5 Å². The molecular weight excluding hydrogens is 288 g/mol. The fraction of sp³-hybridized carbons (Fsp3) is 0.357. The summed E-state index contributed by atoms with van der Waals surface area (Å²) in [7, 11) is 1.63. The van der Waals surface area contributed by atoms with E-state index in [1.807, 2.05) is 19.2 Å². The summed E-state index contributed by atoms with van der Waals surface area (Å²) in [4.78, 5) is 28.2. The normalized spacial score (nSPS) is 12.0. The third-order valence-electron chi connectivity index (χ3n) is 3.03. The Morgan fingerprint density at radius 3 is 2.95 bits per heavy atom. The maximum Gasteiger partial charge on any atom is 0.319 e. The number of nitrogens with zero attached hydrogens (tertiary/aromatic N) is 2. The van der Waals surface area contributed by atoms with Crippen LogP contribution in [0, 0.1) is 0 Å². The molecule has 0 spiro atoms. The molecule has 112 valence electrons. The number of aromatic nitrogens is 2. The van der Waals surface area contributed by atoms with Crippen molar-refractivity contribution in [3.63, 3.8) is 0 Å². The number of rotatable bonds is 4. The molecule has 0 aliphatic heterocycles. The van der Waals surface area contributed by atoms with Crippen LogP contribution in [0.4, 0.5) is 10.5 Å². The highest BCUT2D eigenvalue weighted by Crippen LogP contribution is 2.16. The Morgan fingerprint density at radius 2 is 2.29 bits per heavy atom. The zero-order chi connectivity index (χ0) is 15.4. The molecule has 7 heteroatoms. The monoisotopic (exact) mass is 306 g/mol. The first-order valence-electron chi connectivity index (χ1n) is 6.68. The van der Waals surface area contributed by atoms with Gasteiger partial charge in [0.2, 0.25) is 0 Å². The van der Waals surface area contributed by atoms with Gasteiger partial charge in [-0.1, -0.05) is 6.92 Å². The lowest BCUT2D eigenvalue weighted by Gasteiger charge is -2.12. The molecule has 1 unspecified atom stereocenters. The number of aryl methyl sites for hydroxylation is 2. The SMILES string of the molecule is CCc1nc(C(C)NC(=O)Nc2cccn(C)c2=O)cs1. The van der Waals surface area contributed by atoms with Gasteiger partial charge in [0.05, 0.1) is 16.7 Å². The minimum absolute atomic E-state index is 0.214. The number of urea groups is 1. The maximum atomic E-state index is 11.9. The molecule has 0 fully saturated rings. The van der Waals surface area contributed by atoms with Crippen LogP contribution in [0.15, 0.2) is 28.5 Å². The average molecular weight is 306 g/mol. The number of amides is 2. The third kappa shape index (κ3) is 3.69. The summed E-state index contributed by atoms with van der Waals surface area (Å²) in [5, 5.41) is 8.31. The first kappa shape index (κ1) is 15.2. The Kier molecular flexibility index (Phi) is 4.74. The minimum Gasteiger partial charge on any atom is -0.330 e. The molecule has 0 aliphatic rings. The zero-order valence-electron chi connectivity index (χ0n) is 12.2. The number of hydrogen-bond donors (Lipinski definition) is 2. The second-order valence-corrected chi connectivity index (χ2v) is 5.62.